The van der Waals surface area contributed by atoms with E-state index in [1.54, 1.807) is 41.7 Å². The molecular weight excluding hydrogens is 332 g/mol. The molecule has 0 saturated heterocycles. The lowest BCUT2D eigenvalue weighted by atomic mass is 10.1. The number of aromatic nitrogens is 1. The molecule has 1 aromatic heterocycles. The minimum atomic E-state index is -3.31. The van der Waals surface area contributed by atoms with Gasteiger partial charge >= 0.3 is 0 Å². The van der Waals surface area contributed by atoms with Crippen molar-refractivity contribution in [2.24, 2.45) is 0 Å². The van der Waals surface area contributed by atoms with Crippen LogP contribution in [-0.4, -0.2) is 25.4 Å². The van der Waals surface area contributed by atoms with Gasteiger partial charge < -0.3 is 0 Å². The van der Waals surface area contributed by atoms with E-state index in [1.165, 1.54) is 18.9 Å². The third-order valence-electron chi connectivity index (χ3n) is 3.34. The molecule has 23 heavy (non-hydrogen) atoms. The van der Waals surface area contributed by atoms with Gasteiger partial charge in [0.25, 0.3) is 0 Å². The molecule has 3 rings (SSSR count). The van der Waals surface area contributed by atoms with Crippen molar-refractivity contribution in [1.29, 1.82) is 0 Å². The number of sulfonamides is 1. The van der Waals surface area contributed by atoms with Crippen molar-refractivity contribution in [2.45, 2.75) is 18.8 Å². The molecule has 1 aliphatic carbocycles. The van der Waals surface area contributed by atoms with E-state index < -0.39 is 10.0 Å². The first-order valence-electron chi connectivity index (χ1n) is 7.16. The lowest BCUT2D eigenvalue weighted by Crippen LogP contribution is -2.09. The second-order valence-corrected chi connectivity index (χ2v) is 8.17. The summed E-state index contributed by atoms with van der Waals surface area (Å²) in [7, 11) is -3.31. The Kier molecular flexibility index (Phi) is 4.32. The molecule has 1 N–H and O–H groups in total. The highest BCUT2D eigenvalue weighted by Crippen LogP contribution is 2.41. The summed E-state index contributed by atoms with van der Waals surface area (Å²) in [6, 6.07) is 6.32. The number of carbonyl (C=O) groups is 1. The van der Waals surface area contributed by atoms with E-state index in [4.69, 9.17) is 0 Å². The van der Waals surface area contributed by atoms with Gasteiger partial charge in [-0.15, -0.1) is 11.3 Å². The van der Waals surface area contributed by atoms with Crippen molar-refractivity contribution in [1.82, 2.24) is 4.98 Å². The SMILES string of the molecule is CS(=O)(=O)Nc1ccc(C(=O)/C=C/c2csc(C3CC3)n2)cc1. The van der Waals surface area contributed by atoms with Crippen molar-refractivity contribution < 1.29 is 13.2 Å². The fraction of sp³-hybridized carbons (Fsp3) is 0.250. The van der Waals surface area contributed by atoms with Crippen molar-refractivity contribution in [3.05, 3.63) is 52.0 Å². The van der Waals surface area contributed by atoms with E-state index in [0.717, 1.165) is 17.0 Å². The molecule has 5 nitrogen and oxygen atoms in total. The van der Waals surface area contributed by atoms with Crippen molar-refractivity contribution in [3.8, 4) is 0 Å². The third-order valence-corrected chi connectivity index (χ3v) is 4.98. The van der Waals surface area contributed by atoms with Crippen LogP contribution < -0.4 is 4.72 Å². The lowest BCUT2D eigenvalue weighted by Gasteiger charge is -2.03. The van der Waals surface area contributed by atoms with E-state index in [-0.39, 0.29) is 5.78 Å². The summed E-state index contributed by atoms with van der Waals surface area (Å²) in [6.07, 6.45) is 6.71. The topological polar surface area (TPSA) is 76.1 Å². The molecule has 120 valence electrons. The number of rotatable bonds is 6. The van der Waals surface area contributed by atoms with Gasteiger partial charge in [-0.25, -0.2) is 13.4 Å². The molecule has 0 bridgehead atoms. The summed E-state index contributed by atoms with van der Waals surface area (Å²) in [4.78, 5) is 16.6. The summed E-state index contributed by atoms with van der Waals surface area (Å²) in [6.45, 7) is 0. The molecule has 0 amide bonds. The van der Waals surface area contributed by atoms with Gasteiger partial charge in [0.1, 0.15) is 0 Å². The smallest absolute Gasteiger partial charge is 0.229 e. The molecule has 0 atom stereocenters. The van der Waals surface area contributed by atoms with E-state index in [9.17, 15) is 13.2 Å². The van der Waals surface area contributed by atoms with E-state index in [1.807, 2.05) is 5.38 Å². The molecule has 1 fully saturated rings. The predicted molar refractivity (Wildman–Crippen MR) is 92.4 cm³/mol. The summed E-state index contributed by atoms with van der Waals surface area (Å²) in [5, 5.41) is 3.10. The number of ketones is 1. The molecule has 0 spiro atoms. The molecule has 0 radical (unpaired) electrons. The highest BCUT2D eigenvalue weighted by Gasteiger charge is 2.26. The summed E-state index contributed by atoms with van der Waals surface area (Å²) < 4.78 is 24.6. The van der Waals surface area contributed by atoms with Crippen LogP contribution in [0.15, 0.2) is 35.7 Å². The van der Waals surface area contributed by atoms with Gasteiger partial charge in [0, 0.05) is 22.5 Å². The van der Waals surface area contributed by atoms with E-state index in [2.05, 4.69) is 9.71 Å². The molecule has 0 aliphatic heterocycles. The van der Waals surface area contributed by atoms with Gasteiger partial charge in [-0.2, -0.15) is 0 Å². The number of nitrogens with one attached hydrogen (secondary N) is 1. The molecule has 2 aromatic rings. The molecule has 1 aliphatic rings. The van der Waals surface area contributed by atoms with Crippen molar-refractivity contribution in [3.63, 3.8) is 0 Å². The molecule has 1 aromatic carbocycles. The molecule has 7 heteroatoms. The average molecular weight is 348 g/mol. The Hall–Kier alpha value is -1.99. The predicted octanol–water partition coefficient (Wildman–Crippen LogP) is 3.29. The van der Waals surface area contributed by atoms with Gasteiger partial charge in [0.2, 0.25) is 10.0 Å². The van der Waals surface area contributed by atoms with Crippen LogP contribution in [0.1, 0.15) is 39.8 Å². The minimum absolute atomic E-state index is 0.142. The lowest BCUT2D eigenvalue weighted by molar-refractivity contribution is 0.104. The van der Waals surface area contributed by atoms with Crippen LogP contribution in [0, 0.1) is 0 Å². The fourth-order valence-corrected chi connectivity index (χ4v) is 3.59. The summed E-state index contributed by atoms with van der Waals surface area (Å²) >= 11 is 1.64. The number of anilines is 1. The largest absolute Gasteiger partial charge is 0.289 e. The van der Waals surface area contributed by atoms with Gasteiger partial charge in [-0.05, 0) is 49.3 Å². The Morgan fingerprint density at radius 2 is 2.00 bits per heavy atom. The standard InChI is InChI=1S/C16H16N2O3S2/c1-23(20,21)18-13-6-4-11(5-7-13)15(19)9-8-14-10-22-16(17-14)12-2-3-12/h4-10,12,18H,2-3H2,1H3/b9-8+. The van der Waals surface area contributed by atoms with Crippen LogP contribution in [0.4, 0.5) is 5.69 Å². The summed E-state index contributed by atoms with van der Waals surface area (Å²) in [5.41, 5.74) is 1.74. The quantitative estimate of drug-likeness (QED) is 0.642. The summed E-state index contributed by atoms with van der Waals surface area (Å²) in [5.74, 6) is 0.476. The second-order valence-electron chi connectivity index (χ2n) is 5.53. The van der Waals surface area contributed by atoms with Gasteiger partial charge in [-0.3, -0.25) is 9.52 Å². The van der Waals surface area contributed by atoms with Crippen LogP contribution in [-0.2, 0) is 10.0 Å². The second kappa shape index (κ2) is 6.25. The number of carbonyl (C=O) groups excluding carboxylic acids is 1. The molecule has 0 unspecified atom stereocenters. The third kappa shape index (κ3) is 4.49. The first kappa shape index (κ1) is 15.9. The average Bonchev–Trinajstić information content (AvgIpc) is 3.23. The van der Waals surface area contributed by atoms with Crippen LogP contribution >= 0.6 is 11.3 Å². The van der Waals surface area contributed by atoms with Crippen LogP contribution in [0.2, 0.25) is 0 Å². The maximum absolute atomic E-state index is 12.1. The number of hydrogen-bond acceptors (Lipinski definition) is 5. The Balaban J connectivity index is 1.66. The Morgan fingerprint density at radius 1 is 1.30 bits per heavy atom. The first-order valence-corrected chi connectivity index (χ1v) is 9.93. The zero-order valence-corrected chi connectivity index (χ0v) is 14.2. The van der Waals surface area contributed by atoms with Crippen LogP contribution in [0.25, 0.3) is 6.08 Å². The fourth-order valence-electron chi connectivity index (χ4n) is 2.07. The number of thiazole rings is 1. The van der Waals surface area contributed by atoms with E-state index >= 15 is 0 Å². The molecule has 1 saturated carbocycles. The maximum Gasteiger partial charge on any atom is 0.229 e. The maximum atomic E-state index is 12.1. The highest BCUT2D eigenvalue weighted by atomic mass is 32.2. The van der Waals surface area contributed by atoms with Gasteiger partial charge in [0.05, 0.1) is 17.0 Å². The Bertz CT molecular complexity index is 848. The number of allylic oxidation sites excluding steroid dienone is 1. The number of hydrogen-bond donors (Lipinski definition) is 1. The first-order chi connectivity index (χ1) is 10.9. The Labute approximate surface area is 139 Å². The van der Waals surface area contributed by atoms with Crippen molar-refractivity contribution >= 4 is 38.9 Å². The van der Waals surface area contributed by atoms with E-state index in [0.29, 0.717) is 17.2 Å². The normalized spacial score (nSPS) is 15.0. The highest BCUT2D eigenvalue weighted by molar-refractivity contribution is 7.92. The van der Waals surface area contributed by atoms with Gasteiger partial charge in [0.15, 0.2) is 5.78 Å². The Morgan fingerprint density at radius 3 is 2.61 bits per heavy atom. The van der Waals surface area contributed by atoms with Crippen LogP contribution in [0.3, 0.4) is 0 Å². The molecule has 1 heterocycles. The monoisotopic (exact) mass is 348 g/mol. The number of nitrogens with zero attached hydrogens (tertiary/aromatic N) is 1. The minimum Gasteiger partial charge on any atom is -0.289 e. The van der Waals surface area contributed by atoms with Gasteiger partial charge in [-0.1, -0.05) is 0 Å². The molecular formula is C16H16N2O3S2. The zero-order chi connectivity index (χ0) is 16.4. The number of benzene rings is 1. The van der Waals surface area contributed by atoms with Crippen molar-refractivity contribution in [2.75, 3.05) is 11.0 Å². The zero-order valence-electron chi connectivity index (χ0n) is 12.5. The van der Waals surface area contributed by atoms with Crippen LogP contribution in [0.5, 0.6) is 0 Å².